The Balaban J connectivity index is 0.00000342. The number of ether oxygens (including phenoxy) is 1. The average molecular weight is 542 g/mol. The topological polar surface area (TPSA) is 96.0 Å². The number of anilines is 1. The van der Waals surface area contributed by atoms with E-state index in [0.29, 0.717) is 48.1 Å². The molecule has 8 nitrogen and oxygen atoms in total. The van der Waals surface area contributed by atoms with Crippen LogP contribution in [-0.4, -0.2) is 62.8 Å². The molecule has 0 radical (unpaired) electrons. The molecule has 0 saturated carbocycles. The highest BCUT2D eigenvalue weighted by molar-refractivity contribution is 7.89. The number of likely N-dealkylation sites (N-methyl/N-ethyl adjacent to an activating group) is 1. The van der Waals surface area contributed by atoms with E-state index in [1.54, 1.807) is 6.92 Å². The van der Waals surface area contributed by atoms with Crippen molar-refractivity contribution in [3.05, 3.63) is 45.8 Å². The summed E-state index contributed by atoms with van der Waals surface area (Å²) >= 11 is 1.39. The van der Waals surface area contributed by atoms with Gasteiger partial charge in [0.2, 0.25) is 10.0 Å². The minimum atomic E-state index is -3.59. The molecule has 1 N–H and O–H groups in total. The molecule has 1 amide bonds. The molecule has 192 valence electrons. The molecule has 0 aliphatic carbocycles. The molecule has 11 heteroatoms. The predicted molar refractivity (Wildman–Crippen MR) is 139 cm³/mol. The first-order valence-corrected chi connectivity index (χ1v) is 13.9. The SMILES string of the molecule is CCOC(=O)c1c(NC(=O)c2ccc(S(=O)(=O)N3CCCC(C)C3)cc2)sc2c1CCN(C)C2.Cl. The lowest BCUT2D eigenvalue weighted by Gasteiger charge is -2.30. The van der Waals surface area contributed by atoms with E-state index < -0.39 is 21.9 Å². The smallest absolute Gasteiger partial charge is 0.341 e. The van der Waals surface area contributed by atoms with E-state index in [1.807, 2.05) is 7.05 Å². The lowest BCUT2D eigenvalue weighted by molar-refractivity contribution is 0.0526. The first-order valence-electron chi connectivity index (χ1n) is 11.6. The van der Waals surface area contributed by atoms with Crippen LogP contribution in [0.5, 0.6) is 0 Å². The molecule has 1 fully saturated rings. The van der Waals surface area contributed by atoms with E-state index in [4.69, 9.17) is 4.74 Å². The number of hydrogen-bond donors (Lipinski definition) is 1. The highest BCUT2D eigenvalue weighted by Gasteiger charge is 2.30. The lowest BCUT2D eigenvalue weighted by atomic mass is 10.0. The Bertz CT molecular complexity index is 1180. The van der Waals surface area contributed by atoms with Crippen LogP contribution in [0.1, 0.15) is 57.8 Å². The summed E-state index contributed by atoms with van der Waals surface area (Å²) < 4.78 is 32.8. The van der Waals surface area contributed by atoms with Gasteiger partial charge in [-0.1, -0.05) is 6.92 Å². The van der Waals surface area contributed by atoms with E-state index in [0.717, 1.165) is 29.8 Å². The fraction of sp³-hybridized carbons (Fsp3) is 0.500. The number of carbonyl (C=O) groups excluding carboxylic acids is 2. The molecule has 1 aromatic carbocycles. The Labute approximate surface area is 217 Å². The summed E-state index contributed by atoms with van der Waals surface area (Å²) in [6.45, 7) is 6.63. The van der Waals surface area contributed by atoms with Crippen LogP contribution in [0.2, 0.25) is 0 Å². The number of thiophene rings is 1. The summed E-state index contributed by atoms with van der Waals surface area (Å²) in [5.41, 5.74) is 1.69. The van der Waals surface area contributed by atoms with Crippen molar-refractivity contribution in [2.24, 2.45) is 5.92 Å². The van der Waals surface area contributed by atoms with Crippen LogP contribution < -0.4 is 5.32 Å². The summed E-state index contributed by atoms with van der Waals surface area (Å²) in [6.07, 6.45) is 2.60. The largest absolute Gasteiger partial charge is 0.462 e. The molecule has 2 aromatic rings. The lowest BCUT2D eigenvalue weighted by Crippen LogP contribution is -2.39. The zero-order valence-corrected chi connectivity index (χ0v) is 22.7. The van der Waals surface area contributed by atoms with Crippen LogP contribution in [0.4, 0.5) is 5.00 Å². The van der Waals surface area contributed by atoms with Gasteiger partial charge in [-0.3, -0.25) is 4.79 Å². The maximum atomic E-state index is 13.0. The Kier molecular flexibility index (Phi) is 8.98. The number of nitrogens with zero attached hydrogens (tertiary/aromatic N) is 2. The number of halogens is 1. The second kappa shape index (κ2) is 11.4. The summed E-state index contributed by atoms with van der Waals surface area (Å²) in [5.74, 6) is -0.497. The number of amides is 1. The van der Waals surface area contributed by atoms with Crippen LogP contribution in [0, 0.1) is 5.92 Å². The highest BCUT2D eigenvalue weighted by atomic mass is 35.5. The van der Waals surface area contributed by atoms with Crippen molar-refractivity contribution in [3.63, 3.8) is 0 Å². The second-order valence-electron chi connectivity index (χ2n) is 9.01. The van der Waals surface area contributed by atoms with Crippen LogP contribution in [0.25, 0.3) is 0 Å². The number of esters is 1. The van der Waals surface area contributed by atoms with Crippen LogP contribution in [0.15, 0.2) is 29.2 Å². The molecule has 1 aromatic heterocycles. The van der Waals surface area contributed by atoms with E-state index in [9.17, 15) is 18.0 Å². The molecule has 35 heavy (non-hydrogen) atoms. The molecule has 3 heterocycles. The van der Waals surface area contributed by atoms with Gasteiger partial charge in [-0.25, -0.2) is 13.2 Å². The predicted octanol–water partition coefficient (Wildman–Crippen LogP) is 4.01. The van der Waals surface area contributed by atoms with Gasteiger partial charge < -0.3 is 15.0 Å². The number of benzene rings is 1. The van der Waals surface area contributed by atoms with Crippen molar-refractivity contribution < 1.29 is 22.7 Å². The van der Waals surface area contributed by atoms with Gasteiger partial charge in [0.05, 0.1) is 17.1 Å². The van der Waals surface area contributed by atoms with Gasteiger partial charge in [0.15, 0.2) is 0 Å². The van der Waals surface area contributed by atoms with Gasteiger partial charge in [0.1, 0.15) is 5.00 Å². The highest BCUT2D eigenvalue weighted by Crippen LogP contribution is 2.37. The molecule has 2 aliphatic rings. The van der Waals surface area contributed by atoms with Crippen molar-refractivity contribution in [1.82, 2.24) is 9.21 Å². The molecule has 0 bridgehead atoms. The summed E-state index contributed by atoms with van der Waals surface area (Å²) in [4.78, 5) is 29.1. The van der Waals surface area contributed by atoms with Crippen molar-refractivity contribution in [2.45, 2.75) is 44.6 Å². The van der Waals surface area contributed by atoms with Crippen LogP contribution >= 0.6 is 23.7 Å². The third kappa shape index (κ3) is 5.89. The number of piperidine rings is 1. The average Bonchev–Trinajstić information content (AvgIpc) is 3.16. The zero-order chi connectivity index (χ0) is 24.5. The summed E-state index contributed by atoms with van der Waals surface area (Å²) in [6, 6.07) is 5.98. The molecule has 1 unspecified atom stereocenters. The van der Waals surface area contributed by atoms with Gasteiger partial charge in [0, 0.05) is 36.6 Å². The molecule has 4 rings (SSSR count). The van der Waals surface area contributed by atoms with Gasteiger partial charge in [-0.05, 0) is 69.0 Å². The minimum Gasteiger partial charge on any atom is -0.462 e. The van der Waals surface area contributed by atoms with Gasteiger partial charge in [-0.2, -0.15) is 4.31 Å². The number of carbonyl (C=O) groups is 2. The van der Waals surface area contributed by atoms with Crippen molar-refractivity contribution in [1.29, 1.82) is 0 Å². The van der Waals surface area contributed by atoms with Gasteiger partial charge in [0.25, 0.3) is 5.91 Å². The molecular weight excluding hydrogens is 510 g/mol. The number of sulfonamides is 1. The second-order valence-corrected chi connectivity index (χ2v) is 12.0. The van der Waals surface area contributed by atoms with Gasteiger partial charge in [-0.15, -0.1) is 23.7 Å². The monoisotopic (exact) mass is 541 g/mol. The van der Waals surface area contributed by atoms with Crippen molar-refractivity contribution >= 4 is 50.6 Å². The fourth-order valence-electron chi connectivity index (χ4n) is 4.51. The first-order chi connectivity index (χ1) is 16.2. The van der Waals surface area contributed by atoms with Crippen molar-refractivity contribution in [3.8, 4) is 0 Å². The van der Waals surface area contributed by atoms with Crippen LogP contribution in [0.3, 0.4) is 0 Å². The van der Waals surface area contributed by atoms with Crippen LogP contribution in [-0.2, 0) is 27.7 Å². The first kappa shape index (κ1) is 27.6. The molecule has 1 atom stereocenters. The van der Waals surface area contributed by atoms with Crippen molar-refractivity contribution in [2.75, 3.05) is 38.6 Å². The molecular formula is C24H32ClN3O5S2. The third-order valence-corrected chi connectivity index (χ3v) is 9.34. The van der Waals surface area contributed by atoms with Gasteiger partial charge >= 0.3 is 5.97 Å². The molecule has 2 aliphatic heterocycles. The zero-order valence-electron chi connectivity index (χ0n) is 20.2. The summed E-state index contributed by atoms with van der Waals surface area (Å²) in [7, 11) is -1.57. The fourth-order valence-corrected chi connectivity index (χ4v) is 7.42. The normalized spacial score (nSPS) is 18.9. The standard InChI is InChI=1S/C24H31N3O5S2.ClH/c1-4-32-24(29)21-19-11-13-26(3)15-20(19)33-23(21)25-22(28)17-7-9-18(10-8-17)34(30,31)27-12-5-6-16(2)14-27;/h7-10,16H,4-6,11-15H2,1-3H3,(H,25,28);1H. The van der Waals surface area contributed by atoms with E-state index >= 15 is 0 Å². The summed E-state index contributed by atoms with van der Waals surface area (Å²) in [5, 5.41) is 3.34. The Morgan fingerprint density at radius 3 is 2.57 bits per heavy atom. The molecule has 0 spiro atoms. The number of hydrogen-bond acceptors (Lipinski definition) is 7. The van der Waals surface area contributed by atoms with E-state index in [1.165, 1.54) is 39.9 Å². The minimum absolute atomic E-state index is 0. The third-order valence-electron chi connectivity index (χ3n) is 6.33. The Morgan fingerprint density at radius 1 is 1.20 bits per heavy atom. The number of fused-ring (bicyclic) bond motifs is 1. The Morgan fingerprint density at radius 2 is 1.91 bits per heavy atom. The Hall–Kier alpha value is -1.98. The number of nitrogens with one attached hydrogen (secondary N) is 1. The molecule has 1 saturated heterocycles. The van der Waals surface area contributed by atoms with E-state index in [-0.39, 0.29) is 23.9 Å². The maximum absolute atomic E-state index is 13.0. The maximum Gasteiger partial charge on any atom is 0.341 e. The number of rotatable bonds is 6. The quantitative estimate of drug-likeness (QED) is 0.555. The van der Waals surface area contributed by atoms with E-state index in [2.05, 4.69) is 17.1 Å².